The monoisotopic (exact) mass is 278 g/mol. The molecule has 0 aromatic heterocycles. The molecule has 19 heavy (non-hydrogen) atoms. The quantitative estimate of drug-likeness (QED) is 0.543. The molecule has 2 aromatic rings. The Morgan fingerprint density at radius 2 is 1.00 bits per heavy atom. The standard InChI is InChI=1S/C13H11O5P/c1-19(14)17-12-6-2-10(3-7-12)15-16-11-4-8-13(18-19)9-5-11/h2-9H,1H3. The minimum atomic E-state index is -3.23. The van der Waals surface area contributed by atoms with Gasteiger partial charge in [-0.1, -0.05) is 0 Å². The van der Waals surface area contributed by atoms with E-state index in [9.17, 15) is 4.57 Å². The van der Waals surface area contributed by atoms with Crippen molar-refractivity contribution in [2.75, 3.05) is 6.66 Å². The van der Waals surface area contributed by atoms with Crippen LogP contribution in [0.5, 0.6) is 23.0 Å². The van der Waals surface area contributed by atoms with Gasteiger partial charge in [-0.25, -0.2) is 4.57 Å². The van der Waals surface area contributed by atoms with E-state index in [0.717, 1.165) is 0 Å². The Hall–Kier alpha value is -2.13. The number of benzene rings is 2. The molecule has 5 nitrogen and oxygen atoms in total. The van der Waals surface area contributed by atoms with Crippen molar-refractivity contribution in [1.29, 1.82) is 0 Å². The van der Waals surface area contributed by atoms with Gasteiger partial charge in [0.25, 0.3) is 0 Å². The molecule has 0 aliphatic carbocycles. The molecule has 98 valence electrons. The summed E-state index contributed by atoms with van der Waals surface area (Å²) in [7, 11) is -3.23. The Bertz CT molecular complexity index is 567. The third-order valence-corrected chi connectivity index (χ3v) is 3.51. The van der Waals surface area contributed by atoms with E-state index in [1.165, 1.54) is 6.66 Å². The summed E-state index contributed by atoms with van der Waals surface area (Å²) >= 11 is 0. The first-order valence-corrected chi connectivity index (χ1v) is 7.61. The second-order valence-corrected chi connectivity index (χ2v) is 5.97. The van der Waals surface area contributed by atoms with Crippen LogP contribution in [0.1, 0.15) is 0 Å². The largest absolute Gasteiger partial charge is 0.427 e. The molecule has 0 saturated carbocycles. The number of rotatable bonds is 0. The van der Waals surface area contributed by atoms with E-state index in [1.807, 2.05) is 0 Å². The summed E-state index contributed by atoms with van der Waals surface area (Å²) in [6, 6.07) is 13.1. The van der Waals surface area contributed by atoms with E-state index in [2.05, 4.69) is 0 Å². The highest BCUT2D eigenvalue weighted by Gasteiger charge is 2.21. The molecule has 6 heteroatoms. The maximum atomic E-state index is 12.2. The van der Waals surface area contributed by atoms with Gasteiger partial charge in [0.2, 0.25) is 0 Å². The molecule has 0 saturated heterocycles. The van der Waals surface area contributed by atoms with Gasteiger partial charge in [-0.15, -0.1) is 0 Å². The second kappa shape index (κ2) is 4.52. The molecule has 0 radical (unpaired) electrons. The van der Waals surface area contributed by atoms with Gasteiger partial charge in [-0.3, -0.25) is 9.78 Å². The third-order valence-electron chi connectivity index (χ3n) is 2.42. The van der Waals surface area contributed by atoms with Crippen LogP contribution in [0, 0.1) is 0 Å². The number of hydrogen-bond donors (Lipinski definition) is 0. The highest BCUT2D eigenvalue weighted by atomic mass is 31.2. The van der Waals surface area contributed by atoms with Gasteiger partial charge in [0.05, 0.1) is 6.66 Å². The third kappa shape index (κ3) is 2.83. The molecular weight excluding hydrogens is 267 g/mol. The predicted octanol–water partition coefficient (Wildman–Crippen LogP) is 3.65. The van der Waals surface area contributed by atoms with E-state index < -0.39 is 7.60 Å². The maximum Gasteiger partial charge on any atom is 0.427 e. The summed E-state index contributed by atoms with van der Waals surface area (Å²) in [6.07, 6.45) is 0. The van der Waals surface area contributed by atoms with Crippen molar-refractivity contribution in [2.24, 2.45) is 0 Å². The van der Waals surface area contributed by atoms with Crippen molar-refractivity contribution in [1.82, 2.24) is 0 Å². The van der Waals surface area contributed by atoms with Gasteiger partial charge < -0.3 is 9.05 Å². The zero-order chi connectivity index (χ0) is 13.3. The molecule has 2 aromatic carbocycles. The van der Waals surface area contributed by atoms with E-state index in [1.54, 1.807) is 48.5 Å². The average Bonchev–Trinajstić information content (AvgIpc) is 2.40. The molecular formula is C13H11O5P. The van der Waals surface area contributed by atoms with Crippen LogP contribution in [0.3, 0.4) is 0 Å². The van der Waals surface area contributed by atoms with Gasteiger partial charge >= 0.3 is 7.60 Å². The highest BCUT2D eigenvalue weighted by Crippen LogP contribution is 2.45. The van der Waals surface area contributed by atoms with Crippen LogP contribution in [0.4, 0.5) is 0 Å². The Morgan fingerprint density at radius 3 is 1.37 bits per heavy atom. The molecule has 0 unspecified atom stereocenters. The molecule has 0 spiro atoms. The molecule has 4 bridgehead atoms. The zero-order valence-corrected chi connectivity index (χ0v) is 11.0. The van der Waals surface area contributed by atoms with Crippen LogP contribution >= 0.6 is 7.60 Å². The Morgan fingerprint density at radius 1 is 0.684 bits per heavy atom. The summed E-state index contributed by atoms with van der Waals surface area (Å²) in [5.74, 6) is 1.91. The van der Waals surface area contributed by atoms with Gasteiger partial charge in [-0.2, -0.15) is 0 Å². The SMILES string of the molecule is CP1(=O)Oc2ccc(cc2)OOc2ccc(cc2)O1. The lowest BCUT2D eigenvalue weighted by Crippen LogP contribution is -1.99. The second-order valence-electron chi connectivity index (χ2n) is 4.06. The van der Waals surface area contributed by atoms with Crippen LogP contribution in [0.15, 0.2) is 48.5 Å². The lowest BCUT2D eigenvalue weighted by Gasteiger charge is -2.15. The fourth-order valence-corrected chi connectivity index (χ4v) is 2.66. The minimum absolute atomic E-state index is 0.438. The summed E-state index contributed by atoms with van der Waals surface area (Å²) in [4.78, 5) is 10.3. The van der Waals surface area contributed by atoms with Crippen LogP contribution < -0.4 is 18.8 Å². The molecule has 0 N–H and O–H groups in total. The van der Waals surface area contributed by atoms with Crippen molar-refractivity contribution < 1.29 is 23.4 Å². The van der Waals surface area contributed by atoms with Crippen LogP contribution in [-0.2, 0) is 4.57 Å². The van der Waals surface area contributed by atoms with E-state index in [-0.39, 0.29) is 0 Å². The molecule has 0 amide bonds. The van der Waals surface area contributed by atoms with Gasteiger partial charge in [0, 0.05) is 0 Å². The first-order chi connectivity index (χ1) is 9.11. The zero-order valence-electron chi connectivity index (χ0n) is 10.1. The molecule has 4 aliphatic rings. The first kappa shape index (κ1) is 11.9. The van der Waals surface area contributed by atoms with E-state index >= 15 is 0 Å². The molecule has 4 aliphatic heterocycles. The van der Waals surface area contributed by atoms with Gasteiger partial charge in [0.1, 0.15) is 11.5 Å². The molecule has 6 rings (SSSR count). The fraction of sp³-hybridized carbons (Fsp3) is 0.0769. The summed E-state index contributed by atoms with van der Waals surface area (Å²) < 4.78 is 22.9. The van der Waals surface area contributed by atoms with Gasteiger partial charge in [0.15, 0.2) is 11.5 Å². The summed E-state index contributed by atoms with van der Waals surface area (Å²) in [5.41, 5.74) is 0. The topological polar surface area (TPSA) is 54.0 Å². The van der Waals surface area contributed by atoms with Crippen LogP contribution in [0.25, 0.3) is 0 Å². The van der Waals surface area contributed by atoms with Crippen molar-refractivity contribution in [3.63, 3.8) is 0 Å². The maximum absolute atomic E-state index is 12.2. The normalized spacial score (nSPS) is 15.8. The fourth-order valence-electron chi connectivity index (χ4n) is 1.61. The average molecular weight is 278 g/mol. The Labute approximate surface area is 110 Å². The highest BCUT2D eigenvalue weighted by molar-refractivity contribution is 7.53. The van der Waals surface area contributed by atoms with Crippen LogP contribution in [-0.4, -0.2) is 6.66 Å². The molecule has 0 atom stereocenters. The lowest BCUT2D eigenvalue weighted by atomic mass is 10.3. The number of hydrogen-bond acceptors (Lipinski definition) is 5. The van der Waals surface area contributed by atoms with Crippen molar-refractivity contribution >= 4 is 7.60 Å². The van der Waals surface area contributed by atoms with E-state index in [0.29, 0.717) is 23.0 Å². The van der Waals surface area contributed by atoms with Crippen molar-refractivity contribution in [2.45, 2.75) is 0 Å². The van der Waals surface area contributed by atoms with Crippen LogP contribution in [0.2, 0.25) is 0 Å². The summed E-state index contributed by atoms with van der Waals surface area (Å²) in [5, 5.41) is 0. The molecule has 4 heterocycles. The summed E-state index contributed by atoms with van der Waals surface area (Å²) in [6.45, 7) is 1.42. The van der Waals surface area contributed by atoms with Crippen molar-refractivity contribution in [3.05, 3.63) is 48.5 Å². The van der Waals surface area contributed by atoms with Gasteiger partial charge in [-0.05, 0) is 48.5 Å². The minimum Gasteiger partial charge on any atom is -0.416 e. The van der Waals surface area contributed by atoms with E-state index in [4.69, 9.17) is 18.8 Å². The molecule has 0 fully saturated rings. The predicted molar refractivity (Wildman–Crippen MR) is 68.9 cm³/mol. The lowest BCUT2D eigenvalue weighted by molar-refractivity contribution is -0.0999. The first-order valence-electron chi connectivity index (χ1n) is 5.62. The Balaban J connectivity index is 2.02. The Kier molecular flexibility index (Phi) is 2.84. The smallest absolute Gasteiger partial charge is 0.416 e. The van der Waals surface area contributed by atoms with Crippen molar-refractivity contribution in [3.8, 4) is 23.0 Å².